The summed E-state index contributed by atoms with van der Waals surface area (Å²) in [6, 6.07) is 5.62. The van der Waals surface area contributed by atoms with E-state index in [1.807, 2.05) is 5.38 Å². The lowest BCUT2D eigenvalue weighted by Gasteiger charge is -2.06. The number of hydrogen-bond donors (Lipinski definition) is 2. The number of urea groups is 1. The number of hydrogen-bond acceptors (Lipinski definition) is 6. The summed E-state index contributed by atoms with van der Waals surface area (Å²) < 4.78 is 13.2. The SMILES string of the molecule is CNC(=O)NC(=O)CSc1ncnc2scc(-c3ccc(F)cc3)c12. The molecule has 2 N–H and O–H groups in total. The van der Waals surface area contributed by atoms with E-state index in [9.17, 15) is 14.0 Å². The maximum atomic E-state index is 13.2. The number of imide groups is 1. The molecule has 0 saturated carbocycles. The fourth-order valence-corrected chi connectivity index (χ4v) is 3.95. The lowest BCUT2D eigenvalue weighted by Crippen LogP contribution is -2.38. The molecular formula is C16H13FN4O2S2. The van der Waals surface area contributed by atoms with Gasteiger partial charge in [-0.2, -0.15) is 0 Å². The maximum Gasteiger partial charge on any atom is 0.321 e. The number of benzene rings is 1. The summed E-state index contributed by atoms with van der Waals surface area (Å²) in [6.07, 6.45) is 1.44. The van der Waals surface area contributed by atoms with E-state index in [-0.39, 0.29) is 11.6 Å². The Kier molecular flexibility index (Phi) is 5.25. The number of carbonyl (C=O) groups is 2. The first-order valence-corrected chi connectivity index (χ1v) is 9.07. The second-order valence-electron chi connectivity index (χ2n) is 4.93. The van der Waals surface area contributed by atoms with E-state index in [4.69, 9.17) is 0 Å². The first-order chi connectivity index (χ1) is 12.1. The van der Waals surface area contributed by atoms with Crippen molar-refractivity contribution in [3.63, 3.8) is 0 Å². The van der Waals surface area contributed by atoms with Crippen molar-refractivity contribution in [1.29, 1.82) is 0 Å². The molecule has 128 valence electrons. The molecule has 0 fully saturated rings. The molecule has 0 bridgehead atoms. The van der Waals surface area contributed by atoms with Gasteiger partial charge in [-0.05, 0) is 17.7 Å². The van der Waals surface area contributed by atoms with Gasteiger partial charge in [-0.3, -0.25) is 10.1 Å². The van der Waals surface area contributed by atoms with Gasteiger partial charge >= 0.3 is 6.03 Å². The Bertz CT molecular complexity index is 928. The number of halogens is 1. The van der Waals surface area contributed by atoms with Crippen molar-refractivity contribution in [2.75, 3.05) is 12.8 Å². The number of amides is 3. The van der Waals surface area contributed by atoms with E-state index in [1.165, 1.54) is 48.6 Å². The van der Waals surface area contributed by atoms with Gasteiger partial charge in [-0.25, -0.2) is 19.2 Å². The molecule has 0 spiro atoms. The molecule has 3 aromatic rings. The summed E-state index contributed by atoms with van der Waals surface area (Å²) in [5.74, 6) is -0.687. The number of fused-ring (bicyclic) bond motifs is 1. The minimum absolute atomic E-state index is 0.0399. The zero-order valence-corrected chi connectivity index (χ0v) is 14.7. The van der Waals surface area contributed by atoms with Crippen LogP contribution >= 0.6 is 23.1 Å². The molecule has 25 heavy (non-hydrogen) atoms. The smallest absolute Gasteiger partial charge is 0.321 e. The van der Waals surface area contributed by atoms with Crippen LogP contribution in [0.3, 0.4) is 0 Å². The molecule has 3 amide bonds. The zero-order chi connectivity index (χ0) is 17.8. The summed E-state index contributed by atoms with van der Waals surface area (Å²) in [5.41, 5.74) is 1.73. The van der Waals surface area contributed by atoms with Crippen LogP contribution in [0.5, 0.6) is 0 Å². The van der Waals surface area contributed by atoms with Crippen LogP contribution in [0.25, 0.3) is 21.3 Å². The van der Waals surface area contributed by atoms with Crippen molar-refractivity contribution in [2.45, 2.75) is 5.03 Å². The number of nitrogens with zero attached hydrogens (tertiary/aromatic N) is 2. The summed E-state index contributed by atoms with van der Waals surface area (Å²) in [7, 11) is 1.43. The minimum atomic E-state index is -0.555. The van der Waals surface area contributed by atoms with Crippen LogP contribution < -0.4 is 10.6 Å². The lowest BCUT2D eigenvalue weighted by molar-refractivity contribution is -0.117. The van der Waals surface area contributed by atoms with Crippen LogP contribution in [-0.2, 0) is 4.79 Å². The number of thiophene rings is 1. The third-order valence-corrected chi connectivity index (χ3v) is 5.19. The third kappa shape index (κ3) is 3.94. The van der Waals surface area contributed by atoms with E-state index >= 15 is 0 Å². The van der Waals surface area contributed by atoms with Crippen molar-refractivity contribution in [1.82, 2.24) is 20.6 Å². The average Bonchev–Trinajstić information content (AvgIpc) is 3.05. The van der Waals surface area contributed by atoms with E-state index in [2.05, 4.69) is 20.6 Å². The van der Waals surface area contributed by atoms with Crippen molar-refractivity contribution < 1.29 is 14.0 Å². The van der Waals surface area contributed by atoms with Crippen molar-refractivity contribution in [3.05, 3.63) is 41.8 Å². The van der Waals surface area contributed by atoms with Gasteiger partial charge in [-0.1, -0.05) is 23.9 Å². The zero-order valence-electron chi connectivity index (χ0n) is 13.1. The van der Waals surface area contributed by atoms with E-state index < -0.39 is 11.9 Å². The molecule has 0 radical (unpaired) electrons. The van der Waals surface area contributed by atoms with Crippen LogP contribution in [0.4, 0.5) is 9.18 Å². The Morgan fingerprint density at radius 3 is 2.72 bits per heavy atom. The van der Waals surface area contributed by atoms with E-state index in [1.54, 1.807) is 12.1 Å². The molecule has 0 aliphatic rings. The van der Waals surface area contributed by atoms with Crippen molar-refractivity contribution in [2.24, 2.45) is 0 Å². The molecule has 2 heterocycles. The standard InChI is InChI=1S/C16H13FN4O2S2/c1-18-16(23)21-12(22)7-25-15-13-11(6-24-14(13)19-8-20-15)9-2-4-10(17)5-3-9/h2-6,8H,7H2,1H3,(H2,18,21,22,23). The van der Waals surface area contributed by atoms with Gasteiger partial charge in [0, 0.05) is 18.0 Å². The van der Waals surface area contributed by atoms with Gasteiger partial charge in [0.25, 0.3) is 0 Å². The van der Waals surface area contributed by atoms with Crippen LogP contribution in [0.15, 0.2) is 41.0 Å². The topological polar surface area (TPSA) is 84.0 Å². The van der Waals surface area contributed by atoms with Gasteiger partial charge in [0.1, 0.15) is 22.0 Å². The Morgan fingerprint density at radius 2 is 2.00 bits per heavy atom. The third-order valence-electron chi connectivity index (χ3n) is 3.31. The summed E-state index contributed by atoms with van der Waals surface area (Å²) in [5, 5.41) is 7.91. The Balaban J connectivity index is 1.88. The second-order valence-corrected chi connectivity index (χ2v) is 6.75. The summed E-state index contributed by atoms with van der Waals surface area (Å²) in [4.78, 5) is 32.2. The minimum Gasteiger partial charge on any atom is -0.341 e. The Morgan fingerprint density at radius 1 is 1.24 bits per heavy atom. The molecule has 6 nitrogen and oxygen atoms in total. The van der Waals surface area contributed by atoms with Crippen molar-refractivity contribution >= 4 is 45.3 Å². The van der Waals surface area contributed by atoms with Crippen LogP contribution in [-0.4, -0.2) is 34.7 Å². The van der Waals surface area contributed by atoms with Crippen LogP contribution in [0, 0.1) is 5.82 Å². The number of rotatable bonds is 4. The van der Waals surface area contributed by atoms with Gasteiger partial charge in [0.05, 0.1) is 11.1 Å². The van der Waals surface area contributed by atoms with Crippen molar-refractivity contribution in [3.8, 4) is 11.1 Å². The van der Waals surface area contributed by atoms with E-state index in [0.717, 1.165) is 21.3 Å². The summed E-state index contributed by atoms with van der Waals surface area (Å²) >= 11 is 2.67. The first kappa shape index (κ1) is 17.3. The molecule has 0 aliphatic carbocycles. The maximum absolute atomic E-state index is 13.2. The van der Waals surface area contributed by atoms with Gasteiger partial charge in [-0.15, -0.1) is 11.3 Å². The molecule has 3 rings (SSSR count). The molecule has 9 heteroatoms. The highest BCUT2D eigenvalue weighted by Crippen LogP contribution is 2.37. The summed E-state index contributed by atoms with van der Waals surface area (Å²) in [6.45, 7) is 0. The fraction of sp³-hybridized carbons (Fsp3) is 0.125. The highest BCUT2D eigenvalue weighted by atomic mass is 32.2. The number of carbonyl (C=O) groups excluding carboxylic acids is 2. The Hall–Kier alpha value is -2.52. The average molecular weight is 376 g/mol. The van der Waals surface area contributed by atoms with Crippen LogP contribution in [0.2, 0.25) is 0 Å². The largest absolute Gasteiger partial charge is 0.341 e. The lowest BCUT2D eigenvalue weighted by atomic mass is 10.1. The fourth-order valence-electron chi connectivity index (χ4n) is 2.16. The van der Waals surface area contributed by atoms with Crippen LogP contribution in [0.1, 0.15) is 0 Å². The second kappa shape index (κ2) is 7.58. The highest BCUT2D eigenvalue weighted by molar-refractivity contribution is 8.00. The molecule has 0 unspecified atom stereocenters. The first-order valence-electron chi connectivity index (χ1n) is 7.21. The van der Waals surface area contributed by atoms with Gasteiger partial charge < -0.3 is 5.32 Å². The molecule has 0 atom stereocenters. The molecule has 1 aromatic carbocycles. The monoisotopic (exact) mass is 376 g/mol. The van der Waals surface area contributed by atoms with Gasteiger partial charge in [0.2, 0.25) is 5.91 Å². The normalized spacial score (nSPS) is 10.6. The van der Waals surface area contributed by atoms with Gasteiger partial charge in [0.15, 0.2) is 0 Å². The number of thioether (sulfide) groups is 1. The number of nitrogens with one attached hydrogen (secondary N) is 2. The predicted molar refractivity (Wildman–Crippen MR) is 96.1 cm³/mol. The number of aromatic nitrogens is 2. The molecule has 0 aliphatic heterocycles. The predicted octanol–water partition coefficient (Wildman–Crippen LogP) is 3.05. The molecule has 0 saturated heterocycles. The van der Waals surface area contributed by atoms with E-state index in [0.29, 0.717) is 5.03 Å². The quantitative estimate of drug-likeness (QED) is 0.540. The molecule has 2 aromatic heterocycles. The highest BCUT2D eigenvalue weighted by Gasteiger charge is 2.15. The Labute approximate surface area is 150 Å². The molecular weight excluding hydrogens is 363 g/mol.